The van der Waals surface area contributed by atoms with Crippen LogP contribution in [0, 0.1) is 0 Å². The average molecular weight is 277 g/mol. The fraction of sp³-hybridized carbons (Fsp3) is 0.438. The maximum Gasteiger partial charge on any atom is 0.136 e. The van der Waals surface area contributed by atoms with Crippen molar-refractivity contribution in [2.75, 3.05) is 11.9 Å². The number of nitrogens with zero attached hydrogens (tertiary/aromatic N) is 2. The first-order chi connectivity index (χ1) is 8.99. The summed E-state index contributed by atoms with van der Waals surface area (Å²) in [6.45, 7) is 6.66. The molecule has 1 aromatic carbocycles. The second-order valence-corrected chi connectivity index (χ2v) is 5.78. The van der Waals surface area contributed by atoms with Crippen LogP contribution in [0.25, 0.3) is 10.8 Å². The highest BCUT2D eigenvalue weighted by Gasteiger charge is 2.24. The van der Waals surface area contributed by atoms with Gasteiger partial charge in [-0.2, -0.15) is 0 Å². The smallest absolute Gasteiger partial charge is 0.136 e. The molecule has 0 aliphatic carbocycles. The molecular formula is C16H21ClN2. The van der Waals surface area contributed by atoms with Crippen LogP contribution >= 0.6 is 11.6 Å². The van der Waals surface area contributed by atoms with E-state index in [1.165, 1.54) is 10.8 Å². The molecule has 0 aliphatic heterocycles. The number of hydrogen-bond acceptors (Lipinski definition) is 2. The van der Waals surface area contributed by atoms with Crippen LogP contribution < -0.4 is 4.90 Å². The Hall–Kier alpha value is -1.28. The lowest BCUT2D eigenvalue weighted by molar-refractivity contribution is 0.468. The van der Waals surface area contributed by atoms with Gasteiger partial charge >= 0.3 is 0 Å². The number of anilines is 1. The lowest BCUT2D eigenvalue weighted by Gasteiger charge is -2.36. The number of hydrogen-bond donors (Lipinski definition) is 0. The van der Waals surface area contributed by atoms with Crippen molar-refractivity contribution in [1.29, 1.82) is 0 Å². The molecule has 0 aliphatic rings. The van der Waals surface area contributed by atoms with Gasteiger partial charge in [-0.1, -0.05) is 31.2 Å². The van der Waals surface area contributed by atoms with Crippen LogP contribution in [0.1, 0.15) is 32.9 Å². The molecule has 2 aromatic rings. The van der Waals surface area contributed by atoms with Crippen molar-refractivity contribution in [3.8, 4) is 0 Å². The Kier molecular flexibility index (Phi) is 4.00. The molecule has 0 spiro atoms. The first-order valence-corrected chi connectivity index (χ1v) is 7.21. The SMILES string of the molecule is CCC(C)(C)N(C)c1nc(CCl)cc2ccccc12. The van der Waals surface area contributed by atoms with Gasteiger partial charge in [-0.3, -0.25) is 0 Å². The molecule has 3 heteroatoms. The van der Waals surface area contributed by atoms with Crippen LogP contribution in [-0.4, -0.2) is 17.6 Å². The fourth-order valence-electron chi connectivity index (χ4n) is 2.08. The molecule has 19 heavy (non-hydrogen) atoms. The highest BCUT2D eigenvalue weighted by molar-refractivity contribution is 6.17. The highest BCUT2D eigenvalue weighted by Crippen LogP contribution is 2.30. The van der Waals surface area contributed by atoms with E-state index in [2.05, 4.69) is 63.1 Å². The molecule has 0 fully saturated rings. The number of halogens is 1. The summed E-state index contributed by atoms with van der Waals surface area (Å²) in [7, 11) is 2.11. The Bertz CT molecular complexity index is 578. The number of rotatable bonds is 4. The number of fused-ring (bicyclic) bond motifs is 1. The van der Waals surface area contributed by atoms with Gasteiger partial charge in [-0.05, 0) is 31.7 Å². The zero-order valence-electron chi connectivity index (χ0n) is 12.1. The second-order valence-electron chi connectivity index (χ2n) is 5.52. The van der Waals surface area contributed by atoms with Crippen molar-refractivity contribution >= 4 is 28.2 Å². The Morgan fingerprint density at radius 3 is 2.58 bits per heavy atom. The van der Waals surface area contributed by atoms with Crippen LogP contribution in [0.15, 0.2) is 30.3 Å². The molecule has 0 atom stereocenters. The van der Waals surface area contributed by atoms with E-state index in [0.29, 0.717) is 5.88 Å². The molecule has 102 valence electrons. The van der Waals surface area contributed by atoms with E-state index in [-0.39, 0.29) is 5.54 Å². The van der Waals surface area contributed by atoms with Crippen molar-refractivity contribution in [1.82, 2.24) is 4.98 Å². The zero-order chi connectivity index (χ0) is 14.0. The summed E-state index contributed by atoms with van der Waals surface area (Å²) in [5.41, 5.74) is 0.995. The molecule has 0 N–H and O–H groups in total. The van der Waals surface area contributed by atoms with Gasteiger partial charge in [0.05, 0.1) is 11.6 Å². The summed E-state index contributed by atoms with van der Waals surface area (Å²) in [5.74, 6) is 1.46. The van der Waals surface area contributed by atoms with Gasteiger partial charge < -0.3 is 4.90 Å². The summed E-state index contributed by atoms with van der Waals surface area (Å²) >= 11 is 5.97. The summed E-state index contributed by atoms with van der Waals surface area (Å²) in [6.07, 6.45) is 1.06. The van der Waals surface area contributed by atoms with E-state index in [1.807, 2.05) is 0 Å². The van der Waals surface area contributed by atoms with Crippen LogP contribution in [-0.2, 0) is 5.88 Å². The number of benzene rings is 1. The van der Waals surface area contributed by atoms with Crippen molar-refractivity contribution in [3.63, 3.8) is 0 Å². The molecule has 1 heterocycles. The molecule has 0 amide bonds. The van der Waals surface area contributed by atoms with Gasteiger partial charge in [-0.15, -0.1) is 11.6 Å². The van der Waals surface area contributed by atoms with Crippen molar-refractivity contribution in [2.24, 2.45) is 0 Å². The summed E-state index contributed by atoms with van der Waals surface area (Å²) in [6, 6.07) is 10.4. The van der Waals surface area contributed by atoms with Crippen molar-refractivity contribution in [3.05, 3.63) is 36.0 Å². The summed E-state index contributed by atoms with van der Waals surface area (Å²) in [5, 5.41) is 2.38. The van der Waals surface area contributed by atoms with E-state index in [9.17, 15) is 0 Å². The summed E-state index contributed by atoms with van der Waals surface area (Å²) in [4.78, 5) is 6.98. The maximum absolute atomic E-state index is 5.97. The predicted molar refractivity (Wildman–Crippen MR) is 84.1 cm³/mol. The highest BCUT2D eigenvalue weighted by atomic mass is 35.5. The first kappa shape index (κ1) is 14.1. The van der Waals surface area contributed by atoms with E-state index in [0.717, 1.165) is 17.9 Å². The van der Waals surface area contributed by atoms with Gasteiger partial charge in [0.15, 0.2) is 0 Å². The average Bonchev–Trinajstić information content (AvgIpc) is 2.45. The zero-order valence-corrected chi connectivity index (χ0v) is 12.8. The van der Waals surface area contributed by atoms with Gasteiger partial charge in [0.25, 0.3) is 0 Å². The van der Waals surface area contributed by atoms with E-state index < -0.39 is 0 Å². The standard InChI is InChI=1S/C16H21ClN2/c1-5-16(2,3)19(4)15-14-9-7-6-8-12(14)10-13(11-17)18-15/h6-10H,5,11H2,1-4H3. The van der Waals surface area contributed by atoms with Gasteiger partial charge in [0, 0.05) is 18.0 Å². The lowest BCUT2D eigenvalue weighted by atomic mass is 9.99. The summed E-state index contributed by atoms with van der Waals surface area (Å²) < 4.78 is 0. The largest absolute Gasteiger partial charge is 0.354 e. The normalized spacial score (nSPS) is 11.8. The Balaban J connectivity index is 2.64. The first-order valence-electron chi connectivity index (χ1n) is 6.68. The molecule has 0 saturated carbocycles. The third kappa shape index (κ3) is 2.69. The monoisotopic (exact) mass is 276 g/mol. The van der Waals surface area contributed by atoms with E-state index >= 15 is 0 Å². The topological polar surface area (TPSA) is 16.1 Å². The minimum atomic E-state index is 0.0701. The van der Waals surface area contributed by atoms with Crippen LogP contribution in [0.4, 0.5) is 5.82 Å². The van der Waals surface area contributed by atoms with E-state index in [1.54, 1.807) is 0 Å². The number of aromatic nitrogens is 1. The molecule has 1 aromatic heterocycles. The quantitative estimate of drug-likeness (QED) is 0.759. The van der Waals surface area contributed by atoms with Crippen molar-refractivity contribution < 1.29 is 0 Å². The van der Waals surface area contributed by atoms with Crippen molar-refractivity contribution in [2.45, 2.75) is 38.6 Å². The fourth-order valence-corrected chi connectivity index (χ4v) is 2.22. The minimum Gasteiger partial charge on any atom is -0.354 e. The second kappa shape index (κ2) is 5.38. The van der Waals surface area contributed by atoms with E-state index in [4.69, 9.17) is 16.6 Å². The third-order valence-corrected chi connectivity index (χ3v) is 4.27. The van der Waals surface area contributed by atoms with Gasteiger partial charge in [0.1, 0.15) is 5.82 Å². The van der Waals surface area contributed by atoms with Gasteiger partial charge in [0.2, 0.25) is 0 Å². The molecular weight excluding hydrogens is 256 g/mol. The molecule has 0 unspecified atom stereocenters. The molecule has 2 nitrogen and oxygen atoms in total. The molecule has 2 rings (SSSR count). The van der Waals surface area contributed by atoms with Crippen LogP contribution in [0.5, 0.6) is 0 Å². The molecule has 0 radical (unpaired) electrons. The minimum absolute atomic E-state index is 0.0701. The molecule has 0 saturated heterocycles. The Morgan fingerprint density at radius 1 is 1.26 bits per heavy atom. The Morgan fingerprint density at radius 2 is 1.95 bits per heavy atom. The Labute approximate surface area is 120 Å². The van der Waals surface area contributed by atoms with Crippen LogP contribution in [0.3, 0.4) is 0 Å². The lowest BCUT2D eigenvalue weighted by Crippen LogP contribution is -2.41. The third-order valence-electron chi connectivity index (χ3n) is 4.00. The van der Waals surface area contributed by atoms with Gasteiger partial charge in [-0.25, -0.2) is 4.98 Å². The van der Waals surface area contributed by atoms with Crippen LogP contribution in [0.2, 0.25) is 0 Å². The molecule has 0 bridgehead atoms. The number of pyridine rings is 1. The maximum atomic E-state index is 5.97. The predicted octanol–water partition coefficient (Wildman–Crippen LogP) is 4.60. The number of alkyl halides is 1.